The molecule has 0 bridgehead atoms. The summed E-state index contributed by atoms with van der Waals surface area (Å²) in [7, 11) is 0. The van der Waals surface area contributed by atoms with Crippen molar-refractivity contribution in [2.24, 2.45) is 11.8 Å². The maximum absolute atomic E-state index is 13.1. The molecule has 0 spiro atoms. The Morgan fingerprint density at radius 1 is 1.31 bits per heavy atom. The molecular weight excluding hydrogens is 290 g/mol. The van der Waals surface area contributed by atoms with Gasteiger partial charge >= 0.3 is 0 Å². The Hall–Kier alpha value is -0.0800. The molecule has 16 heavy (non-hydrogen) atoms. The van der Waals surface area contributed by atoms with Crippen LogP contribution in [0.1, 0.15) is 26.3 Å². The Labute approximate surface area is 110 Å². The summed E-state index contributed by atoms with van der Waals surface area (Å²) in [4.78, 5) is 0.395. The first kappa shape index (κ1) is 14.0. The SMILES string of the molecule is CC(C)C(Cc1cc(F)ccc1Cl)C(C)Br. The van der Waals surface area contributed by atoms with Crippen molar-refractivity contribution in [1.82, 2.24) is 0 Å². The van der Waals surface area contributed by atoms with Crippen LogP contribution in [0.25, 0.3) is 0 Å². The van der Waals surface area contributed by atoms with Crippen molar-refractivity contribution >= 4 is 27.5 Å². The van der Waals surface area contributed by atoms with Crippen LogP contribution in [0.15, 0.2) is 18.2 Å². The van der Waals surface area contributed by atoms with E-state index >= 15 is 0 Å². The molecule has 0 N–H and O–H groups in total. The van der Waals surface area contributed by atoms with Crippen molar-refractivity contribution in [3.05, 3.63) is 34.6 Å². The number of alkyl halides is 1. The van der Waals surface area contributed by atoms with Crippen LogP contribution in [0.3, 0.4) is 0 Å². The molecule has 1 aromatic rings. The molecule has 0 saturated carbocycles. The summed E-state index contributed by atoms with van der Waals surface area (Å²) in [5.41, 5.74) is 0.895. The van der Waals surface area contributed by atoms with E-state index in [1.807, 2.05) is 0 Å². The molecule has 0 fully saturated rings. The highest BCUT2D eigenvalue weighted by Gasteiger charge is 2.20. The average molecular weight is 308 g/mol. The van der Waals surface area contributed by atoms with Crippen molar-refractivity contribution in [2.75, 3.05) is 0 Å². The van der Waals surface area contributed by atoms with Gasteiger partial charge in [0.15, 0.2) is 0 Å². The third-order valence-electron chi connectivity index (χ3n) is 2.91. The standard InChI is InChI=1S/C13H17BrClF/c1-8(2)12(9(3)14)7-10-6-11(16)4-5-13(10)15/h4-6,8-9,12H,7H2,1-3H3. The Morgan fingerprint density at radius 2 is 1.94 bits per heavy atom. The summed E-state index contributed by atoms with van der Waals surface area (Å²) >= 11 is 9.67. The molecule has 1 aromatic carbocycles. The van der Waals surface area contributed by atoms with E-state index in [9.17, 15) is 4.39 Å². The summed E-state index contributed by atoms with van der Waals surface area (Å²) in [6, 6.07) is 4.56. The predicted molar refractivity (Wildman–Crippen MR) is 71.8 cm³/mol. The smallest absolute Gasteiger partial charge is 0.123 e. The second-order valence-electron chi connectivity index (χ2n) is 4.53. The van der Waals surface area contributed by atoms with Gasteiger partial charge in [-0.05, 0) is 42.0 Å². The second-order valence-corrected chi connectivity index (χ2v) is 6.38. The van der Waals surface area contributed by atoms with E-state index in [-0.39, 0.29) is 5.82 Å². The van der Waals surface area contributed by atoms with Crippen LogP contribution in [0, 0.1) is 17.7 Å². The molecule has 0 saturated heterocycles. The molecule has 2 atom stereocenters. The largest absolute Gasteiger partial charge is 0.207 e. The molecule has 0 aliphatic heterocycles. The highest BCUT2D eigenvalue weighted by molar-refractivity contribution is 9.09. The van der Waals surface area contributed by atoms with E-state index < -0.39 is 0 Å². The Bertz CT molecular complexity index is 342. The zero-order chi connectivity index (χ0) is 12.3. The Balaban J connectivity index is 2.89. The van der Waals surface area contributed by atoms with Gasteiger partial charge in [-0.3, -0.25) is 0 Å². The van der Waals surface area contributed by atoms with E-state index in [0.29, 0.717) is 21.7 Å². The number of benzene rings is 1. The van der Waals surface area contributed by atoms with Crippen LogP contribution < -0.4 is 0 Å². The number of hydrogen-bond acceptors (Lipinski definition) is 0. The topological polar surface area (TPSA) is 0 Å². The van der Waals surface area contributed by atoms with Gasteiger partial charge in [-0.2, -0.15) is 0 Å². The van der Waals surface area contributed by atoms with Crippen molar-refractivity contribution in [1.29, 1.82) is 0 Å². The van der Waals surface area contributed by atoms with Crippen molar-refractivity contribution in [2.45, 2.75) is 32.0 Å². The normalized spacial score (nSPS) is 15.2. The van der Waals surface area contributed by atoms with E-state index in [0.717, 1.165) is 12.0 Å². The van der Waals surface area contributed by atoms with Crippen molar-refractivity contribution < 1.29 is 4.39 Å². The molecular formula is C13H17BrClF. The lowest BCUT2D eigenvalue weighted by atomic mass is 9.87. The fraction of sp³-hybridized carbons (Fsp3) is 0.538. The lowest BCUT2D eigenvalue weighted by Crippen LogP contribution is -2.20. The molecule has 0 amide bonds. The minimum absolute atomic E-state index is 0.218. The maximum atomic E-state index is 13.1. The van der Waals surface area contributed by atoms with Gasteiger partial charge in [0.25, 0.3) is 0 Å². The summed E-state index contributed by atoms with van der Waals surface area (Å²) in [5.74, 6) is 0.775. The molecule has 0 heterocycles. The first-order valence-electron chi connectivity index (χ1n) is 5.49. The fourth-order valence-corrected chi connectivity index (χ4v) is 2.87. The summed E-state index contributed by atoms with van der Waals surface area (Å²) in [6.07, 6.45) is 0.806. The maximum Gasteiger partial charge on any atom is 0.123 e. The van der Waals surface area contributed by atoms with E-state index in [1.165, 1.54) is 12.1 Å². The highest BCUT2D eigenvalue weighted by atomic mass is 79.9. The number of rotatable bonds is 4. The molecule has 3 heteroatoms. The molecule has 0 nitrogen and oxygen atoms in total. The fourth-order valence-electron chi connectivity index (χ4n) is 1.88. The van der Waals surface area contributed by atoms with Crippen LogP contribution in [-0.4, -0.2) is 4.83 Å². The second kappa shape index (κ2) is 6.02. The molecule has 1 rings (SSSR count). The summed E-state index contributed by atoms with van der Waals surface area (Å²) in [5, 5.41) is 0.653. The van der Waals surface area contributed by atoms with Gasteiger partial charge in [0, 0.05) is 9.85 Å². The van der Waals surface area contributed by atoms with Crippen LogP contribution in [-0.2, 0) is 6.42 Å². The van der Waals surface area contributed by atoms with Gasteiger partial charge in [-0.1, -0.05) is 48.3 Å². The van der Waals surface area contributed by atoms with Crippen LogP contribution >= 0.6 is 27.5 Å². The molecule has 0 aliphatic carbocycles. The third kappa shape index (κ3) is 3.74. The van der Waals surface area contributed by atoms with Crippen LogP contribution in [0.5, 0.6) is 0 Å². The van der Waals surface area contributed by atoms with Gasteiger partial charge < -0.3 is 0 Å². The van der Waals surface area contributed by atoms with Crippen LogP contribution in [0.2, 0.25) is 5.02 Å². The molecule has 2 unspecified atom stereocenters. The van der Waals surface area contributed by atoms with Gasteiger partial charge in [-0.25, -0.2) is 4.39 Å². The van der Waals surface area contributed by atoms with Crippen LogP contribution in [0.4, 0.5) is 4.39 Å². The molecule has 0 aromatic heterocycles. The first-order valence-corrected chi connectivity index (χ1v) is 6.79. The van der Waals surface area contributed by atoms with E-state index in [1.54, 1.807) is 6.07 Å². The van der Waals surface area contributed by atoms with Gasteiger partial charge in [0.1, 0.15) is 5.82 Å². The van der Waals surface area contributed by atoms with Gasteiger partial charge in [0.05, 0.1) is 0 Å². The van der Waals surface area contributed by atoms with Gasteiger partial charge in [0.2, 0.25) is 0 Å². The van der Waals surface area contributed by atoms with E-state index in [2.05, 4.69) is 36.7 Å². The summed E-state index contributed by atoms with van der Waals surface area (Å²) in [6.45, 7) is 6.48. The lowest BCUT2D eigenvalue weighted by Gasteiger charge is -2.24. The quantitative estimate of drug-likeness (QED) is 0.681. The minimum Gasteiger partial charge on any atom is -0.207 e. The highest BCUT2D eigenvalue weighted by Crippen LogP contribution is 2.28. The molecule has 0 radical (unpaired) electrons. The molecule has 90 valence electrons. The number of hydrogen-bond donors (Lipinski definition) is 0. The van der Waals surface area contributed by atoms with Crippen molar-refractivity contribution in [3.63, 3.8) is 0 Å². The number of halogens is 3. The van der Waals surface area contributed by atoms with Gasteiger partial charge in [-0.15, -0.1) is 0 Å². The minimum atomic E-state index is -0.218. The Kier molecular flexibility index (Phi) is 5.26. The third-order valence-corrected chi connectivity index (χ3v) is 3.96. The lowest BCUT2D eigenvalue weighted by molar-refractivity contribution is 0.383. The monoisotopic (exact) mass is 306 g/mol. The van der Waals surface area contributed by atoms with E-state index in [4.69, 9.17) is 11.6 Å². The van der Waals surface area contributed by atoms with Crippen molar-refractivity contribution in [3.8, 4) is 0 Å². The average Bonchev–Trinajstić information content (AvgIpc) is 2.18. The zero-order valence-electron chi connectivity index (χ0n) is 9.81. The first-order chi connectivity index (χ1) is 7.41. The summed E-state index contributed by atoms with van der Waals surface area (Å²) < 4.78 is 13.1. The predicted octanol–water partition coefficient (Wildman–Crippen LogP) is 5.08. The Morgan fingerprint density at radius 3 is 2.44 bits per heavy atom. The zero-order valence-corrected chi connectivity index (χ0v) is 12.1. The molecule has 0 aliphatic rings.